The van der Waals surface area contributed by atoms with Gasteiger partial charge in [0.05, 0.1) is 11.3 Å². The van der Waals surface area contributed by atoms with Gasteiger partial charge >= 0.3 is 5.97 Å². The number of carbonyl (C=O) groups excluding carboxylic acids is 2. The third-order valence-corrected chi connectivity index (χ3v) is 4.79. The van der Waals surface area contributed by atoms with Gasteiger partial charge in [-0.1, -0.05) is 19.1 Å². The quantitative estimate of drug-likeness (QED) is 0.321. The van der Waals surface area contributed by atoms with Gasteiger partial charge in [0.2, 0.25) is 0 Å². The van der Waals surface area contributed by atoms with Crippen LogP contribution in [0.15, 0.2) is 30.3 Å². The maximum absolute atomic E-state index is 13.8. The van der Waals surface area contributed by atoms with Crippen LogP contribution in [0, 0.1) is 37.1 Å². The summed E-state index contributed by atoms with van der Waals surface area (Å²) in [6.07, 6.45) is -1.51. The molecule has 0 bridgehead atoms. The van der Waals surface area contributed by atoms with Crippen LogP contribution in [0.5, 0.6) is 0 Å². The minimum Gasteiger partial charge on any atom is -0.449 e. The number of ether oxygens (including phenoxy) is 1. The summed E-state index contributed by atoms with van der Waals surface area (Å²) in [5, 5.41) is 1.75. The van der Waals surface area contributed by atoms with Crippen LogP contribution < -0.4 is 5.32 Å². The van der Waals surface area contributed by atoms with E-state index in [-0.39, 0.29) is 18.1 Å². The van der Waals surface area contributed by atoms with E-state index >= 15 is 0 Å². The summed E-state index contributed by atoms with van der Waals surface area (Å²) in [4.78, 5) is 32.2. The summed E-state index contributed by atoms with van der Waals surface area (Å²) in [5.74, 6) is -8.26. The van der Waals surface area contributed by atoms with E-state index in [2.05, 4.69) is 9.97 Å². The number of aromatic nitrogens is 2. The number of hydrogen-bond acceptors (Lipinski definition) is 4. The van der Waals surface area contributed by atoms with Gasteiger partial charge in [-0.25, -0.2) is 27.3 Å². The van der Waals surface area contributed by atoms with Crippen molar-refractivity contribution in [3.63, 3.8) is 0 Å². The average Bonchev–Trinajstić information content (AvgIpc) is 3.11. The Kier molecular flexibility index (Phi) is 6.61. The second-order valence-electron chi connectivity index (χ2n) is 7.01. The van der Waals surface area contributed by atoms with E-state index in [9.17, 15) is 27.2 Å². The molecule has 1 atom stereocenters. The number of halogens is 4. The minimum absolute atomic E-state index is 0.0205. The Balaban J connectivity index is 1.72. The van der Waals surface area contributed by atoms with Gasteiger partial charge in [-0.2, -0.15) is 0 Å². The highest BCUT2D eigenvalue weighted by atomic mass is 19.2. The Hall–Kier alpha value is -3.69. The van der Waals surface area contributed by atoms with Crippen molar-refractivity contribution >= 4 is 17.6 Å². The summed E-state index contributed by atoms with van der Waals surface area (Å²) in [7, 11) is 0. The van der Waals surface area contributed by atoms with Gasteiger partial charge in [-0.05, 0) is 32.4 Å². The number of aromatic amines is 1. The fraction of sp³-hybridized carbons (Fsp3) is 0.227. The summed E-state index contributed by atoms with van der Waals surface area (Å²) in [6, 6.07) is 6.23. The molecule has 0 saturated heterocycles. The lowest BCUT2D eigenvalue weighted by atomic mass is 10.1. The van der Waals surface area contributed by atoms with E-state index in [1.54, 1.807) is 17.4 Å². The topological polar surface area (TPSA) is 84.1 Å². The Labute approximate surface area is 180 Å². The number of benzene rings is 2. The molecule has 32 heavy (non-hydrogen) atoms. The molecule has 1 heterocycles. The van der Waals surface area contributed by atoms with Gasteiger partial charge in [0.1, 0.15) is 11.5 Å². The zero-order valence-electron chi connectivity index (χ0n) is 17.4. The molecule has 1 unspecified atom stereocenters. The van der Waals surface area contributed by atoms with Crippen molar-refractivity contribution in [1.82, 2.24) is 9.97 Å². The van der Waals surface area contributed by atoms with Gasteiger partial charge in [0, 0.05) is 17.3 Å². The van der Waals surface area contributed by atoms with Crippen molar-refractivity contribution in [2.45, 2.75) is 33.3 Å². The lowest BCUT2D eigenvalue weighted by molar-refractivity contribution is -0.124. The zero-order valence-corrected chi connectivity index (χ0v) is 17.4. The predicted octanol–water partition coefficient (Wildman–Crippen LogP) is 4.82. The largest absolute Gasteiger partial charge is 0.449 e. The SMILES string of the molecule is CCC(OC(=O)c1ccc(-c2nc(C)c(C)[nH]2)cc1)C(=O)Nc1c(F)c(F)cc(F)c1F. The number of imidazole rings is 1. The predicted molar refractivity (Wildman–Crippen MR) is 108 cm³/mol. The lowest BCUT2D eigenvalue weighted by Crippen LogP contribution is -2.33. The third-order valence-electron chi connectivity index (χ3n) is 4.79. The highest BCUT2D eigenvalue weighted by Crippen LogP contribution is 2.25. The molecule has 1 amide bonds. The van der Waals surface area contributed by atoms with Crippen LogP contribution in [0.3, 0.4) is 0 Å². The summed E-state index contributed by atoms with van der Waals surface area (Å²) in [5.41, 5.74) is 1.30. The molecular formula is C22H19F4N3O3. The first kappa shape index (κ1) is 23.0. The molecule has 1 aromatic heterocycles. The van der Waals surface area contributed by atoms with Gasteiger partial charge in [-0.15, -0.1) is 0 Å². The summed E-state index contributed by atoms with van der Waals surface area (Å²) in [6.45, 7) is 5.22. The smallest absolute Gasteiger partial charge is 0.338 e. The van der Waals surface area contributed by atoms with E-state index in [1.165, 1.54) is 19.1 Å². The lowest BCUT2D eigenvalue weighted by Gasteiger charge is -2.17. The van der Waals surface area contributed by atoms with Gasteiger partial charge in [-0.3, -0.25) is 4.79 Å². The maximum atomic E-state index is 13.8. The van der Waals surface area contributed by atoms with Crippen LogP contribution in [0.2, 0.25) is 0 Å². The molecule has 3 rings (SSSR count). The molecule has 0 spiro atoms. The number of H-pyrrole nitrogens is 1. The Morgan fingerprint density at radius 2 is 1.66 bits per heavy atom. The molecule has 0 aliphatic heterocycles. The Morgan fingerprint density at radius 3 is 2.16 bits per heavy atom. The molecule has 0 fully saturated rings. The number of rotatable bonds is 6. The van der Waals surface area contributed by atoms with Gasteiger partial charge < -0.3 is 15.0 Å². The molecule has 2 aromatic carbocycles. The molecule has 2 N–H and O–H groups in total. The van der Waals surface area contributed by atoms with Crippen LogP contribution in [0.1, 0.15) is 35.1 Å². The van der Waals surface area contributed by atoms with Crippen LogP contribution >= 0.6 is 0 Å². The maximum Gasteiger partial charge on any atom is 0.338 e. The number of aryl methyl sites for hydroxylation is 2. The second kappa shape index (κ2) is 9.21. The standard InChI is InChI=1S/C22H19F4N3O3/c1-4-16(21(30)29-19-17(25)14(23)9-15(24)18(19)26)32-22(31)13-7-5-12(6-8-13)20-27-10(2)11(3)28-20/h5-9,16H,4H2,1-3H3,(H,27,28)(H,29,30). The number of esters is 1. The fourth-order valence-corrected chi connectivity index (χ4v) is 2.85. The van der Waals surface area contributed by atoms with E-state index in [1.807, 2.05) is 13.8 Å². The average molecular weight is 449 g/mol. The molecule has 6 nitrogen and oxygen atoms in total. The van der Waals surface area contributed by atoms with E-state index < -0.39 is 46.9 Å². The highest BCUT2D eigenvalue weighted by molar-refractivity contribution is 5.97. The van der Waals surface area contributed by atoms with Gasteiger partial charge in [0.15, 0.2) is 29.4 Å². The number of amides is 1. The van der Waals surface area contributed by atoms with Crippen LogP contribution in [0.25, 0.3) is 11.4 Å². The highest BCUT2D eigenvalue weighted by Gasteiger charge is 2.27. The van der Waals surface area contributed by atoms with Crippen molar-refractivity contribution in [1.29, 1.82) is 0 Å². The van der Waals surface area contributed by atoms with Gasteiger partial charge in [0.25, 0.3) is 5.91 Å². The van der Waals surface area contributed by atoms with Crippen LogP contribution in [-0.4, -0.2) is 27.9 Å². The van der Waals surface area contributed by atoms with Crippen LogP contribution in [0.4, 0.5) is 23.2 Å². The molecular weight excluding hydrogens is 430 g/mol. The molecule has 0 aliphatic carbocycles. The molecule has 0 saturated carbocycles. The van der Waals surface area contributed by atoms with Crippen molar-refractivity contribution in [2.75, 3.05) is 5.32 Å². The zero-order chi connectivity index (χ0) is 23.6. The first-order valence-corrected chi connectivity index (χ1v) is 9.60. The molecule has 168 valence electrons. The number of carbonyl (C=O) groups is 2. The van der Waals surface area contributed by atoms with E-state index in [4.69, 9.17) is 4.74 Å². The van der Waals surface area contributed by atoms with Crippen molar-refractivity contribution in [2.24, 2.45) is 0 Å². The Bertz CT molecular complexity index is 1130. The Morgan fingerprint density at radius 1 is 1.06 bits per heavy atom. The second-order valence-corrected chi connectivity index (χ2v) is 7.01. The van der Waals surface area contributed by atoms with E-state index in [0.29, 0.717) is 5.82 Å². The number of nitrogens with zero attached hydrogens (tertiary/aromatic N) is 1. The van der Waals surface area contributed by atoms with E-state index in [0.717, 1.165) is 17.0 Å². The third kappa shape index (κ3) is 4.63. The molecule has 3 aromatic rings. The summed E-state index contributed by atoms with van der Waals surface area (Å²) < 4.78 is 59.4. The summed E-state index contributed by atoms with van der Waals surface area (Å²) >= 11 is 0. The van der Waals surface area contributed by atoms with Crippen molar-refractivity contribution < 1.29 is 31.9 Å². The first-order valence-electron chi connectivity index (χ1n) is 9.60. The molecule has 10 heteroatoms. The number of nitrogens with one attached hydrogen (secondary N) is 2. The number of anilines is 1. The first-order chi connectivity index (χ1) is 15.1. The minimum atomic E-state index is -1.77. The molecule has 0 aliphatic rings. The van der Waals surface area contributed by atoms with Crippen LogP contribution in [-0.2, 0) is 9.53 Å². The number of hydrogen-bond donors (Lipinski definition) is 2. The normalized spacial score (nSPS) is 11.8. The fourth-order valence-electron chi connectivity index (χ4n) is 2.85. The van der Waals surface area contributed by atoms with Crippen molar-refractivity contribution in [3.05, 3.63) is 70.6 Å². The van der Waals surface area contributed by atoms with Crippen molar-refractivity contribution in [3.8, 4) is 11.4 Å². The monoisotopic (exact) mass is 449 g/mol. The molecule has 0 radical (unpaired) electrons.